The number of ether oxygens (including phenoxy) is 1. The number of aliphatic hydroxyl groups is 1. The third kappa shape index (κ3) is 3.84. The fourth-order valence-corrected chi connectivity index (χ4v) is 4.84. The Morgan fingerprint density at radius 2 is 2.08 bits per heavy atom. The molecule has 1 aliphatic heterocycles. The van der Waals surface area contributed by atoms with Crippen molar-refractivity contribution in [2.75, 3.05) is 33.4 Å². The molecule has 6 nitrogen and oxygen atoms in total. The van der Waals surface area contributed by atoms with Crippen molar-refractivity contribution in [1.29, 1.82) is 5.26 Å². The Kier molecular flexibility index (Phi) is 5.98. The molecule has 3 aliphatic rings. The molecule has 0 aromatic carbocycles. The number of nitrogens with zero attached hydrogens (tertiary/aromatic N) is 3. The van der Waals surface area contributed by atoms with Crippen LogP contribution in [-0.4, -0.2) is 71.8 Å². The summed E-state index contributed by atoms with van der Waals surface area (Å²) < 4.78 is 5.64. The summed E-state index contributed by atoms with van der Waals surface area (Å²) in [5.74, 6) is 0.209. The number of hydrogen-bond donors (Lipinski definition) is 1. The average Bonchev–Trinajstić information content (AvgIpc) is 3.08. The van der Waals surface area contributed by atoms with Gasteiger partial charge in [0.1, 0.15) is 5.54 Å². The van der Waals surface area contributed by atoms with E-state index in [4.69, 9.17) is 4.74 Å². The Balaban J connectivity index is 1.66. The molecular weight excluding hydrogens is 318 g/mol. The maximum atomic E-state index is 12.9. The van der Waals surface area contributed by atoms with Gasteiger partial charge in [-0.1, -0.05) is 25.7 Å². The van der Waals surface area contributed by atoms with E-state index in [0.29, 0.717) is 26.3 Å². The second kappa shape index (κ2) is 8.03. The maximum absolute atomic E-state index is 12.9. The monoisotopic (exact) mass is 349 g/mol. The molecule has 0 aromatic heterocycles. The summed E-state index contributed by atoms with van der Waals surface area (Å²) in [6.07, 6.45) is 7.33. The van der Waals surface area contributed by atoms with Crippen LogP contribution in [0.2, 0.25) is 0 Å². The van der Waals surface area contributed by atoms with Crippen molar-refractivity contribution < 1.29 is 14.6 Å². The Morgan fingerprint density at radius 3 is 2.72 bits per heavy atom. The summed E-state index contributed by atoms with van der Waals surface area (Å²) in [5, 5.41) is 20.0. The minimum Gasteiger partial charge on any atom is -0.393 e. The average molecular weight is 349 g/mol. The first-order valence-corrected chi connectivity index (χ1v) is 9.75. The van der Waals surface area contributed by atoms with Gasteiger partial charge in [-0.2, -0.15) is 5.26 Å². The van der Waals surface area contributed by atoms with Crippen LogP contribution in [0, 0.1) is 17.2 Å². The third-order valence-electron chi connectivity index (χ3n) is 6.55. The first-order valence-electron chi connectivity index (χ1n) is 9.75. The molecular formula is C19H31N3O3. The maximum Gasteiger partial charge on any atom is 0.237 e. The van der Waals surface area contributed by atoms with Crippen LogP contribution in [0.3, 0.4) is 0 Å². The molecule has 1 saturated heterocycles. The van der Waals surface area contributed by atoms with Gasteiger partial charge in [-0.3, -0.25) is 9.69 Å². The highest BCUT2D eigenvalue weighted by atomic mass is 16.5. The number of hydrogen-bond acceptors (Lipinski definition) is 5. The number of rotatable bonds is 4. The van der Waals surface area contributed by atoms with Gasteiger partial charge in [-0.15, -0.1) is 0 Å². The summed E-state index contributed by atoms with van der Waals surface area (Å²) in [5.41, 5.74) is -0.635. The molecule has 0 spiro atoms. The molecule has 6 heteroatoms. The topological polar surface area (TPSA) is 76.8 Å². The van der Waals surface area contributed by atoms with E-state index in [9.17, 15) is 15.2 Å². The summed E-state index contributed by atoms with van der Waals surface area (Å²) in [7, 11) is 1.79. The highest BCUT2D eigenvalue weighted by Gasteiger charge is 2.42. The lowest BCUT2D eigenvalue weighted by atomic mass is 9.81. The first kappa shape index (κ1) is 18.6. The van der Waals surface area contributed by atoms with Crippen LogP contribution in [0.25, 0.3) is 0 Å². The van der Waals surface area contributed by atoms with Crippen LogP contribution in [0.5, 0.6) is 0 Å². The molecule has 0 radical (unpaired) electrons. The zero-order chi connectivity index (χ0) is 17.9. The zero-order valence-corrected chi connectivity index (χ0v) is 15.3. The Bertz CT molecular complexity index is 513. The van der Waals surface area contributed by atoms with E-state index in [2.05, 4.69) is 11.0 Å². The molecule has 3 atom stereocenters. The summed E-state index contributed by atoms with van der Waals surface area (Å²) in [4.78, 5) is 16.8. The molecule has 2 saturated carbocycles. The van der Waals surface area contributed by atoms with Crippen LogP contribution < -0.4 is 0 Å². The largest absolute Gasteiger partial charge is 0.393 e. The van der Waals surface area contributed by atoms with E-state index in [0.717, 1.165) is 51.4 Å². The molecule has 0 unspecified atom stereocenters. The highest BCUT2D eigenvalue weighted by Crippen LogP contribution is 2.34. The van der Waals surface area contributed by atoms with Gasteiger partial charge in [0.25, 0.3) is 0 Å². The number of carbonyl (C=O) groups is 1. The highest BCUT2D eigenvalue weighted by molar-refractivity contribution is 5.79. The van der Waals surface area contributed by atoms with Gasteiger partial charge in [0.15, 0.2) is 0 Å². The van der Waals surface area contributed by atoms with E-state index >= 15 is 0 Å². The van der Waals surface area contributed by atoms with E-state index in [1.54, 1.807) is 11.9 Å². The Labute approximate surface area is 150 Å². The molecule has 3 fully saturated rings. The lowest BCUT2D eigenvalue weighted by molar-refractivity contribution is -0.140. The van der Waals surface area contributed by atoms with Crippen molar-refractivity contribution in [3.05, 3.63) is 0 Å². The second-order valence-corrected chi connectivity index (χ2v) is 7.93. The SMILES string of the molecule is CN(C(=O)CN1CCOC[C@@H]1[C@@H]1CCC[C@@H]1O)C1(C#N)CCCCC1. The number of amides is 1. The number of morpholine rings is 1. The van der Waals surface area contributed by atoms with E-state index < -0.39 is 5.54 Å². The van der Waals surface area contributed by atoms with Crippen LogP contribution in [0.4, 0.5) is 0 Å². The van der Waals surface area contributed by atoms with Crippen molar-refractivity contribution in [1.82, 2.24) is 9.80 Å². The van der Waals surface area contributed by atoms with Crippen molar-refractivity contribution in [2.45, 2.75) is 69.1 Å². The van der Waals surface area contributed by atoms with Crippen LogP contribution in [0.15, 0.2) is 0 Å². The van der Waals surface area contributed by atoms with Crippen molar-refractivity contribution in [3.63, 3.8) is 0 Å². The molecule has 1 N–H and O–H groups in total. The molecule has 0 bridgehead atoms. The predicted octanol–water partition coefficient (Wildman–Crippen LogP) is 1.53. The Morgan fingerprint density at radius 1 is 1.32 bits per heavy atom. The molecule has 25 heavy (non-hydrogen) atoms. The van der Waals surface area contributed by atoms with Crippen molar-refractivity contribution in [2.24, 2.45) is 5.92 Å². The second-order valence-electron chi connectivity index (χ2n) is 7.93. The first-order chi connectivity index (χ1) is 12.1. The minimum atomic E-state index is -0.635. The van der Waals surface area contributed by atoms with Gasteiger partial charge in [-0.25, -0.2) is 0 Å². The van der Waals surface area contributed by atoms with Crippen molar-refractivity contribution >= 4 is 5.91 Å². The number of nitriles is 1. The molecule has 0 aromatic rings. The summed E-state index contributed by atoms with van der Waals surface area (Å²) >= 11 is 0. The molecule has 140 valence electrons. The quantitative estimate of drug-likeness (QED) is 0.833. The molecule has 3 rings (SSSR count). The van der Waals surface area contributed by atoms with Gasteiger partial charge in [0.2, 0.25) is 5.91 Å². The van der Waals surface area contributed by atoms with Gasteiger partial charge in [0, 0.05) is 25.6 Å². The number of likely N-dealkylation sites (N-methyl/N-ethyl adjacent to an activating group) is 1. The zero-order valence-electron chi connectivity index (χ0n) is 15.3. The van der Waals surface area contributed by atoms with Gasteiger partial charge in [-0.05, 0) is 25.7 Å². The number of carbonyl (C=O) groups excluding carboxylic acids is 1. The Hall–Kier alpha value is -1.16. The summed E-state index contributed by atoms with van der Waals surface area (Å²) in [6.45, 7) is 2.24. The minimum absolute atomic E-state index is 0.0165. The van der Waals surface area contributed by atoms with Gasteiger partial charge >= 0.3 is 0 Å². The van der Waals surface area contributed by atoms with Crippen LogP contribution >= 0.6 is 0 Å². The van der Waals surface area contributed by atoms with E-state index in [-0.39, 0.29) is 24.0 Å². The van der Waals surface area contributed by atoms with Gasteiger partial charge in [0.05, 0.1) is 31.9 Å². The summed E-state index contributed by atoms with van der Waals surface area (Å²) in [6, 6.07) is 2.54. The van der Waals surface area contributed by atoms with Crippen molar-refractivity contribution in [3.8, 4) is 6.07 Å². The standard InChI is InChI=1S/C19H31N3O3/c1-21(19(14-20)8-3-2-4-9-19)18(24)12-22-10-11-25-13-16(22)15-6-5-7-17(15)23/h15-17,23H,2-13H2,1H3/t15-,16+,17-/m0/s1. The lowest BCUT2D eigenvalue weighted by Gasteiger charge is -2.43. The smallest absolute Gasteiger partial charge is 0.237 e. The third-order valence-corrected chi connectivity index (χ3v) is 6.55. The molecule has 2 aliphatic carbocycles. The number of aliphatic hydroxyl groups excluding tert-OH is 1. The van der Waals surface area contributed by atoms with Gasteiger partial charge < -0.3 is 14.7 Å². The predicted molar refractivity (Wildman–Crippen MR) is 93.7 cm³/mol. The normalized spacial score (nSPS) is 32.9. The molecule has 1 amide bonds. The fraction of sp³-hybridized carbons (Fsp3) is 0.895. The fourth-order valence-electron chi connectivity index (χ4n) is 4.84. The molecule has 1 heterocycles. The van der Waals surface area contributed by atoms with E-state index in [1.165, 1.54) is 0 Å². The van der Waals surface area contributed by atoms with Crippen LogP contribution in [-0.2, 0) is 9.53 Å². The van der Waals surface area contributed by atoms with E-state index in [1.807, 2.05) is 0 Å². The van der Waals surface area contributed by atoms with Crippen LogP contribution in [0.1, 0.15) is 51.4 Å². The lowest BCUT2D eigenvalue weighted by Crippen LogP contribution is -2.57.